The molecule has 0 aliphatic rings. The Morgan fingerprint density at radius 1 is 1.33 bits per heavy atom. The quantitative estimate of drug-likeness (QED) is 0.811. The van der Waals surface area contributed by atoms with Gasteiger partial charge in [0, 0.05) is 15.8 Å². The molecular formula is C9H8ClN3OS. The lowest BCUT2D eigenvalue weighted by molar-refractivity contribution is 0.379. The molecule has 0 aliphatic carbocycles. The Balaban J connectivity index is 2.48. The topological polar surface area (TPSA) is 47.9 Å². The van der Waals surface area contributed by atoms with Crippen LogP contribution < -0.4 is 4.74 Å². The molecule has 0 fully saturated rings. The molecule has 0 spiro atoms. The van der Waals surface area contributed by atoms with Gasteiger partial charge in [-0.3, -0.25) is 0 Å². The van der Waals surface area contributed by atoms with E-state index in [0.29, 0.717) is 5.82 Å². The van der Waals surface area contributed by atoms with E-state index in [0.717, 1.165) is 5.56 Å². The number of thiophene rings is 1. The second-order valence-electron chi connectivity index (χ2n) is 2.86. The van der Waals surface area contributed by atoms with Crippen molar-refractivity contribution in [1.82, 2.24) is 15.0 Å². The molecule has 2 heterocycles. The van der Waals surface area contributed by atoms with Gasteiger partial charge in [-0.05, 0) is 24.6 Å². The van der Waals surface area contributed by atoms with Gasteiger partial charge in [-0.2, -0.15) is 15.0 Å². The Labute approximate surface area is 95.9 Å². The molecule has 6 heteroatoms. The second-order valence-corrected chi connectivity index (χ2v) is 4.31. The van der Waals surface area contributed by atoms with E-state index in [1.54, 1.807) is 11.3 Å². The summed E-state index contributed by atoms with van der Waals surface area (Å²) in [5.41, 5.74) is 0.931. The largest absolute Gasteiger partial charge is 0.467 e. The van der Waals surface area contributed by atoms with E-state index in [2.05, 4.69) is 15.0 Å². The van der Waals surface area contributed by atoms with Crippen molar-refractivity contribution in [3.63, 3.8) is 0 Å². The third kappa shape index (κ3) is 2.24. The highest BCUT2D eigenvalue weighted by molar-refractivity contribution is 7.10. The van der Waals surface area contributed by atoms with Crippen molar-refractivity contribution in [2.75, 3.05) is 7.11 Å². The van der Waals surface area contributed by atoms with Gasteiger partial charge >= 0.3 is 6.01 Å². The molecule has 0 saturated heterocycles. The van der Waals surface area contributed by atoms with Crippen LogP contribution in [0.3, 0.4) is 0 Å². The zero-order valence-electron chi connectivity index (χ0n) is 8.19. The molecule has 2 aromatic heterocycles. The lowest BCUT2D eigenvalue weighted by Gasteiger charge is -2.00. The predicted octanol–water partition coefficient (Wildman–Crippen LogP) is 2.57. The third-order valence-electron chi connectivity index (χ3n) is 1.76. The monoisotopic (exact) mass is 241 g/mol. The van der Waals surface area contributed by atoms with E-state index in [1.165, 1.54) is 12.0 Å². The number of hydrogen-bond donors (Lipinski definition) is 0. The highest BCUT2D eigenvalue weighted by Gasteiger charge is 2.08. The fraction of sp³-hybridized carbons (Fsp3) is 0.222. The molecule has 4 nitrogen and oxygen atoms in total. The first-order valence-electron chi connectivity index (χ1n) is 4.20. The van der Waals surface area contributed by atoms with Crippen LogP contribution in [0.2, 0.25) is 5.28 Å². The first-order chi connectivity index (χ1) is 7.19. The van der Waals surface area contributed by atoms with Gasteiger partial charge in [0.25, 0.3) is 0 Å². The van der Waals surface area contributed by atoms with E-state index in [1.807, 2.05) is 18.4 Å². The number of aromatic nitrogens is 3. The zero-order valence-corrected chi connectivity index (χ0v) is 9.76. The summed E-state index contributed by atoms with van der Waals surface area (Å²) in [4.78, 5) is 13.2. The smallest absolute Gasteiger partial charge is 0.321 e. The second kappa shape index (κ2) is 4.12. The van der Waals surface area contributed by atoms with Gasteiger partial charge in [-0.15, -0.1) is 11.3 Å². The van der Waals surface area contributed by atoms with Gasteiger partial charge in [-0.25, -0.2) is 0 Å². The van der Waals surface area contributed by atoms with Gasteiger partial charge in [0.2, 0.25) is 5.28 Å². The Morgan fingerprint density at radius 3 is 2.73 bits per heavy atom. The summed E-state index contributed by atoms with van der Waals surface area (Å²) in [5.74, 6) is 0.538. The summed E-state index contributed by atoms with van der Waals surface area (Å²) in [6.07, 6.45) is 0. The van der Waals surface area contributed by atoms with E-state index in [4.69, 9.17) is 16.3 Å². The minimum Gasteiger partial charge on any atom is -0.467 e. The molecule has 0 bridgehead atoms. The maximum atomic E-state index is 5.75. The lowest BCUT2D eigenvalue weighted by atomic mass is 10.3. The molecule has 0 amide bonds. The SMILES string of the molecule is COc1nc(Cl)nc(-c2csc(C)c2)n1. The van der Waals surface area contributed by atoms with Crippen molar-refractivity contribution in [3.8, 4) is 17.4 Å². The van der Waals surface area contributed by atoms with E-state index >= 15 is 0 Å². The van der Waals surface area contributed by atoms with Gasteiger partial charge in [0.05, 0.1) is 7.11 Å². The van der Waals surface area contributed by atoms with Crippen LogP contribution in [0.5, 0.6) is 6.01 Å². The molecule has 0 unspecified atom stereocenters. The number of rotatable bonds is 2. The van der Waals surface area contributed by atoms with Crippen molar-refractivity contribution >= 4 is 22.9 Å². The van der Waals surface area contributed by atoms with Crippen LogP contribution in [0.4, 0.5) is 0 Å². The molecule has 0 aliphatic heterocycles. The summed E-state index contributed by atoms with van der Waals surface area (Å²) in [6.45, 7) is 2.02. The molecule has 0 aromatic carbocycles. The number of methoxy groups -OCH3 is 1. The van der Waals surface area contributed by atoms with Crippen LogP contribution in [-0.2, 0) is 0 Å². The fourth-order valence-electron chi connectivity index (χ4n) is 1.11. The Kier molecular flexibility index (Phi) is 2.83. The average molecular weight is 242 g/mol. The van der Waals surface area contributed by atoms with Crippen molar-refractivity contribution < 1.29 is 4.74 Å². The molecule has 0 atom stereocenters. The average Bonchev–Trinajstić information content (AvgIpc) is 2.64. The molecule has 0 N–H and O–H groups in total. The maximum absolute atomic E-state index is 5.75. The highest BCUT2D eigenvalue weighted by atomic mass is 35.5. The van der Waals surface area contributed by atoms with Crippen molar-refractivity contribution in [1.29, 1.82) is 0 Å². The highest BCUT2D eigenvalue weighted by Crippen LogP contribution is 2.23. The molecular weight excluding hydrogens is 234 g/mol. The lowest BCUT2D eigenvalue weighted by Crippen LogP contribution is -1.97. The normalized spacial score (nSPS) is 10.3. The van der Waals surface area contributed by atoms with Crippen molar-refractivity contribution in [2.24, 2.45) is 0 Å². The Morgan fingerprint density at radius 2 is 2.13 bits per heavy atom. The van der Waals surface area contributed by atoms with Crippen LogP contribution in [0.1, 0.15) is 4.88 Å². The molecule has 2 aromatic rings. The fourth-order valence-corrected chi connectivity index (χ4v) is 1.95. The maximum Gasteiger partial charge on any atom is 0.321 e. The molecule has 2 rings (SSSR count). The Hall–Kier alpha value is -1.20. The van der Waals surface area contributed by atoms with Crippen LogP contribution in [0.15, 0.2) is 11.4 Å². The first kappa shape index (κ1) is 10.3. The molecule has 0 saturated carbocycles. The third-order valence-corrected chi connectivity index (χ3v) is 2.79. The summed E-state index contributed by atoms with van der Waals surface area (Å²) >= 11 is 7.38. The molecule has 15 heavy (non-hydrogen) atoms. The van der Waals surface area contributed by atoms with Gasteiger partial charge in [0.15, 0.2) is 5.82 Å². The van der Waals surface area contributed by atoms with Crippen LogP contribution in [0.25, 0.3) is 11.4 Å². The number of ether oxygens (including phenoxy) is 1. The Bertz CT molecular complexity index is 486. The van der Waals surface area contributed by atoms with Gasteiger partial charge in [0.1, 0.15) is 0 Å². The van der Waals surface area contributed by atoms with Crippen LogP contribution in [-0.4, -0.2) is 22.1 Å². The van der Waals surface area contributed by atoms with Crippen molar-refractivity contribution in [2.45, 2.75) is 6.92 Å². The summed E-state index contributed by atoms with van der Waals surface area (Å²) < 4.78 is 4.92. The molecule has 0 radical (unpaired) electrons. The standard InChI is InChI=1S/C9H8ClN3OS/c1-5-3-6(4-15-5)7-11-8(10)13-9(12-7)14-2/h3-4H,1-2H3. The molecule has 78 valence electrons. The minimum absolute atomic E-state index is 0.140. The van der Waals surface area contributed by atoms with Crippen molar-refractivity contribution in [3.05, 3.63) is 21.6 Å². The van der Waals surface area contributed by atoms with E-state index < -0.39 is 0 Å². The summed E-state index contributed by atoms with van der Waals surface area (Å²) in [7, 11) is 1.49. The summed E-state index contributed by atoms with van der Waals surface area (Å²) in [5, 5.41) is 2.11. The number of aryl methyl sites for hydroxylation is 1. The van der Waals surface area contributed by atoms with Gasteiger partial charge in [-0.1, -0.05) is 0 Å². The summed E-state index contributed by atoms with van der Waals surface area (Å²) in [6, 6.07) is 2.23. The number of hydrogen-bond acceptors (Lipinski definition) is 5. The first-order valence-corrected chi connectivity index (χ1v) is 5.46. The van der Waals surface area contributed by atoms with Crippen LogP contribution in [0, 0.1) is 6.92 Å². The zero-order chi connectivity index (χ0) is 10.8. The van der Waals surface area contributed by atoms with E-state index in [9.17, 15) is 0 Å². The van der Waals surface area contributed by atoms with E-state index in [-0.39, 0.29) is 11.3 Å². The van der Waals surface area contributed by atoms with Gasteiger partial charge < -0.3 is 4.74 Å². The number of halogens is 1. The predicted molar refractivity (Wildman–Crippen MR) is 59.4 cm³/mol. The number of nitrogens with zero attached hydrogens (tertiary/aromatic N) is 3. The minimum atomic E-state index is 0.140. The van der Waals surface area contributed by atoms with Crippen LogP contribution >= 0.6 is 22.9 Å².